The summed E-state index contributed by atoms with van der Waals surface area (Å²) in [5.41, 5.74) is 6.58. The topological polar surface area (TPSA) is 120 Å². The second-order valence-corrected chi connectivity index (χ2v) is 9.65. The van der Waals surface area contributed by atoms with E-state index in [9.17, 15) is 14.3 Å². The van der Waals surface area contributed by atoms with E-state index >= 15 is 0 Å². The van der Waals surface area contributed by atoms with Crippen LogP contribution in [0.1, 0.15) is 84.8 Å². The Morgan fingerprint density at radius 3 is 2.70 bits per heavy atom. The average molecular weight is 447 g/mol. The molecule has 7 rings (SSSR count). The van der Waals surface area contributed by atoms with E-state index in [0.29, 0.717) is 28.8 Å². The predicted molar refractivity (Wildman–Crippen MR) is 116 cm³/mol. The lowest BCUT2D eigenvalue weighted by atomic mass is 9.75. The molecule has 2 aliphatic carbocycles. The predicted octanol–water partition coefficient (Wildman–Crippen LogP) is 3.27. The minimum atomic E-state index is -1.26. The standard InChI is InChI=1S/C24H22FN5O3/c1-24(2,32)6-5-12-9-16-15(10-17(12)25)13-7-14(8-13)30-19(18(20(26)31)27-22(16)30)23-28-21(29-33-23)11-3-4-11/h9-11,13-14,32H,3-4,7-8H2,1-2H3,(H2,26,31). The molecule has 2 aliphatic heterocycles. The van der Waals surface area contributed by atoms with Gasteiger partial charge in [-0.2, -0.15) is 4.98 Å². The maximum Gasteiger partial charge on any atom is 0.277 e. The third-order valence-corrected chi connectivity index (χ3v) is 6.53. The average Bonchev–Trinajstić information content (AvgIpc) is 3.37. The number of rotatable bonds is 3. The Hall–Kier alpha value is -3.51. The Morgan fingerprint density at radius 1 is 1.27 bits per heavy atom. The van der Waals surface area contributed by atoms with Crippen LogP contribution < -0.4 is 5.73 Å². The minimum absolute atomic E-state index is 0.0539. The summed E-state index contributed by atoms with van der Waals surface area (Å²) in [6.45, 7) is 3.07. The van der Waals surface area contributed by atoms with E-state index in [2.05, 4.69) is 27.0 Å². The molecule has 0 spiro atoms. The first-order valence-corrected chi connectivity index (χ1v) is 11.0. The van der Waals surface area contributed by atoms with E-state index in [1.165, 1.54) is 19.9 Å². The molecule has 3 N–H and O–H groups in total. The summed E-state index contributed by atoms with van der Waals surface area (Å²) in [4.78, 5) is 21.5. The van der Waals surface area contributed by atoms with Gasteiger partial charge in [-0.25, -0.2) is 9.37 Å². The molecule has 0 atom stereocenters. The summed E-state index contributed by atoms with van der Waals surface area (Å²) in [5, 5.41) is 14.0. The molecular formula is C24H22FN5O3. The van der Waals surface area contributed by atoms with Gasteiger partial charge in [0.25, 0.3) is 11.8 Å². The van der Waals surface area contributed by atoms with Gasteiger partial charge in [0, 0.05) is 17.5 Å². The number of amides is 1. The second-order valence-electron chi connectivity index (χ2n) is 9.65. The first kappa shape index (κ1) is 20.1. The van der Waals surface area contributed by atoms with Crippen LogP contribution in [0, 0.1) is 17.7 Å². The van der Waals surface area contributed by atoms with Crippen LogP contribution in [0.3, 0.4) is 0 Å². The molecule has 0 saturated heterocycles. The molecule has 4 aliphatic rings. The van der Waals surface area contributed by atoms with Crippen LogP contribution in [0.15, 0.2) is 16.7 Å². The lowest BCUT2D eigenvalue weighted by Crippen LogP contribution is -2.24. The number of halogens is 1. The van der Waals surface area contributed by atoms with Crippen LogP contribution >= 0.6 is 0 Å². The molecule has 33 heavy (non-hydrogen) atoms. The minimum Gasteiger partial charge on any atom is -0.378 e. The molecule has 2 saturated carbocycles. The number of primary amides is 1. The van der Waals surface area contributed by atoms with Gasteiger partial charge in [-0.15, -0.1) is 0 Å². The summed E-state index contributed by atoms with van der Waals surface area (Å²) in [5.74, 6) is 6.08. The molecule has 1 aromatic carbocycles. The van der Waals surface area contributed by atoms with Crippen LogP contribution in [-0.2, 0) is 0 Å². The molecule has 0 unspecified atom stereocenters. The third-order valence-electron chi connectivity index (χ3n) is 6.53. The number of aromatic nitrogens is 4. The highest BCUT2D eigenvalue weighted by atomic mass is 19.1. The summed E-state index contributed by atoms with van der Waals surface area (Å²) < 4.78 is 22.4. The molecule has 0 radical (unpaired) electrons. The quantitative estimate of drug-likeness (QED) is 0.595. The van der Waals surface area contributed by atoms with E-state index in [1.54, 1.807) is 6.07 Å². The highest BCUT2D eigenvalue weighted by Gasteiger charge is 2.43. The molecule has 2 bridgehead atoms. The van der Waals surface area contributed by atoms with E-state index in [1.807, 2.05) is 4.57 Å². The van der Waals surface area contributed by atoms with Gasteiger partial charge in [-0.05, 0) is 63.1 Å². The molecule has 4 heterocycles. The number of carbonyl (C=O) groups is 1. The zero-order chi connectivity index (χ0) is 23.1. The Bertz CT molecular complexity index is 1380. The van der Waals surface area contributed by atoms with Crippen molar-refractivity contribution in [2.45, 2.75) is 63.0 Å². The van der Waals surface area contributed by atoms with Crippen LogP contribution in [0.2, 0.25) is 0 Å². The van der Waals surface area contributed by atoms with E-state index < -0.39 is 17.3 Å². The van der Waals surface area contributed by atoms with Gasteiger partial charge in [0.05, 0.1) is 5.56 Å². The van der Waals surface area contributed by atoms with E-state index in [4.69, 9.17) is 10.3 Å². The van der Waals surface area contributed by atoms with Crippen molar-refractivity contribution in [3.63, 3.8) is 0 Å². The molecule has 3 aromatic rings. The summed E-state index contributed by atoms with van der Waals surface area (Å²) in [6, 6.07) is 3.19. The van der Waals surface area contributed by atoms with Crippen molar-refractivity contribution < 1.29 is 18.8 Å². The van der Waals surface area contributed by atoms with Gasteiger partial charge in [-0.1, -0.05) is 17.0 Å². The number of aliphatic hydroxyl groups is 1. The number of carbonyl (C=O) groups excluding carboxylic acids is 1. The monoisotopic (exact) mass is 447 g/mol. The molecule has 2 aromatic heterocycles. The zero-order valence-electron chi connectivity index (χ0n) is 18.2. The van der Waals surface area contributed by atoms with Crippen molar-refractivity contribution >= 4 is 5.91 Å². The number of hydrogen-bond donors (Lipinski definition) is 2. The van der Waals surface area contributed by atoms with Gasteiger partial charge >= 0.3 is 0 Å². The number of nitrogens with two attached hydrogens (primary N) is 1. The number of nitrogens with zero attached hydrogens (tertiary/aromatic N) is 4. The first-order chi connectivity index (χ1) is 15.7. The van der Waals surface area contributed by atoms with Crippen molar-refractivity contribution in [2.75, 3.05) is 0 Å². The Morgan fingerprint density at radius 2 is 2.03 bits per heavy atom. The van der Waals surface area contributed by atoms with Crippen molar-refractivity contribution in [2.24, 2.45) is 5.73 Å². The molecule has 2 fully saturated rings. The van der Waals surface area contributed by atoms with Gasteiger partial charge in [0.1, 0.15) is 22.9 Å². The highest BCUT2D eigenvalue weighted by molar-refractivity contribution is 5.97. The van der Waals surface area contributed by atoms with Crippen molar-refractivity contribution in [3.05, 3.63) is 40.6 Å². The van der Waals surface area contributed by atoms with E-state index in [-0.39, 0.29) is 29.1 Å². The lowest BCUT2D eigenvalue weighted by molar-refractivity contribution is 0.0996. The highest BCUT2D eigenvalue weighted by Crippen LogP contribution is 2.54. The van der Waals surface area contributed by atoms with Crippen LogP contribution in [0.5, 0.6) is 0 Å². The SMILES string of the molecule is CC(C)(O)C#Cc1cc2c(cc1F)C1CC(C1)n1c-2nc(C(N)=O)c1-c1nc(C2CC2)no1. The van der Waals surface area contributed by atoms with Gasteiger partial charge in [0.2, 0.25) is 0 Å². The van der Waals surface area contributed by atoms with Crippen molar-refractivity contribution in [1.29, 1.82) is 0 Å². The number of hydrogen-bond acceptors (Lipinski definition) is 6. The van der Waals surface area contributed by atoms with Gasteiger partial charge in [0.15, 0.2) is 11.5 Å². The van der Waals surface area contributed by atoms with Crippen LogP contribution in [-0.4, -0.2) is 36.3 Å². The fourth-order valence-electron chi connectivity index (χ4n) is 4.68. The molecular weight excluding hydrogens is 425 g/mol. The smallest absolute Gasteiger partial charge is 0.277 e. The summed E-state index contributed by atoms with van der Waals surface area (Å²) >= 11 is 0. The molecule has 9 heteroatoms. The number of benzene rings is 1. The second kappa shape index (κ2) is 6.75. The maximum atomic E-state index is 14.9. The fraction of sp³-hybridized carbons (Fsp3) is 0.417. The molecule has 8 nitrogen and oxygen atoms in total. The van der Waals surface area contributed by atoms with Crippen molar-refractivity contribution in [3.8, 4) is 34.8 Å². The third kappa shape index (κ3) is 3.25. The normalized spacial score (nSPS) is 20.7. The molecule has 1 amide bonds. The van der Waals surface area contributed by atoms with Crippen LogP contribution in [0.25, 0.3) is 23.0 Å². The maximum absolute atomic E-state index is 14.9. The summed E-state index contributed by atoms with van der Waals surface area (Å²) in [6.07, 6.45) is 3.59. The van der Waals surface area contributed by atoms with Gasteiger partial charge < -0.3 is 19.9 Å². The Kier molecular flexibility index (Phi) is 4.11. The Balaban J connectivity index is 1.57. The largest absolute Gasteiger partial charge is 0.378 e. The van der Waals surface area contributed by atoms with Gasteiger partial charge in [-0.3, -0.25) is 4.79 Å². The summed E-state index contributed by atoms with van der Waals surface area (Å²) in [7, 11) is 0. The van der Waals surface area contributed by atoms with Crippen LogP contribution in [0.4, 0.5) is 4.39 Å². The fourth-order valence-corrected chi connectivity index (χ4v) is 4.68. The lowest BCUT2D eigenvalue weighted by Gasteiger charge is -2.35. The van der Waals surface area contributed by atoms with E-state index in [0.717, 1.165) is 31.2 Å². The molecule has 168 valence electrons. The van der Waals surface area contributed by atoms with Crippen molar-refractivity contribution in [1.82, 2.24) is 19.7 Å². The number of imidazole rings is 1. The first-order valence-electron chi connectivity index (χ1n) is 11.0. The zero-order valence-corrected chi connectivity index (χ0v) is 18.2. The Labute approximate surface area is 189 Å².